The molecule has 1 heterocycles. The van der Waals surface area contributed by atoms with E-state index in [1.54, 1.807) is 23.5 Å². The lowest BCUT2D eigenvalue weighted by Gasteiger charge is -2.33. The van der Waals surface area contributed by atoms with Crippen LogP contribution in [0.25, 0.3) is 0 Å². The van der Waals surface area contributed by atoms with E-state index < -0.39 is 0 Å². The average molecular weight is 428 g/mol. The van der Waals surface area contributed by atoms with Crippen LogP contribution in [-0.4, -0.2) is 17.6 Å². The molecule has 1 atom stereocenters. The van der Waals surface area contributed by atoms with E-state index in [-0.39, 0.29) is 23.0 Å². The van der Waals surface area contributed by atoms with Crippen LogP contribution in [0.4, 0.5) is 5.00 Å². The third-order valence-corrected chi connectivity index (χ3v) is 6.57. The Kier molecular flexibility index (Phi) is 6.56. The van der Waals surface area contributed by atoms with E-state index in [0.717, 1.165) is 24.8 Å². The summed E-state index contributed by atoms with van der Waals surface area (Å²) in [4.78, 5) is 13.3. The Morgan fingerprint density at radius 1 is 1.34 bits per heavy atom. The van der Waals surface area contributed by atoms with E-state index in [0.29, 0.717) is 22.2 Å². The highest BCUT2D eigenvalue weighted by atomic mass is 32.1. The first-order chi connectivity index (χ1) is 13.8. The summed E-state index contributed by atoms with van der Waals surface area (Å²) in [6, 6.07) is 11.4. The summed E-state index contributed by atoms with van der Waals surface area (Å²) in [6.07, 6.45) is 2.96. The summed E-state index contributed by atoms with van der Waals surface area (Å²) in [7, 11) is 0. The van der Waals surface area contributed by atoms with Crippen molar-refractivity contribution < 1.29 is 9.53 Å². The van der Waals surface area contributed by atoms with Crippen LogP contribution >= 0.6 is 23.6 Å². The lowest BCUT2D eigenvalue weighted by Crippen LogP contribution is -2.37. The second-order valence-corrected chi connectivity index (χ2v) is 9.74. The number of nitrogens with zero attached hydrogens (tertiary/aromatic N) is 1. The molecule has 0 saturated carbocycles. The largest absolute Gasteiger partial charge is 0.484 e. The Labute approximate surface area is 181 Å². The minimum Gasteiger partial charge on any atom is -0.484 e. The van der Waals surface area contributed by atoms with Gasteiger partial charge in [-0.1, -0.05) is 39.0 Å². The molecular formula is C22H25N3O2S2. The molecule has 0 bridgehead atoms. The Balaban J connectivity index is 1.61. The highest BCUT2D eigenvalue weighted by molar-refractivity contribution is 7.80. The zero-order valence-corrected chi connectivity index (χ0v) is 18.5. The topological polar surface area (TPSA) is 74.2 Å². The van der Waals surface area contributed by atoms with Crippen molar-refractivity contribution in [2.24, 2.45) is 11.3 Å². The van der Waals surface area contributed by atoms with Gasteiger partial charge in [0.25, 0.3) is 5.91 Å². The molecule has 152 valence electrons. The van der Waals surface area contributed by atoms with Gasteiger partial charge < -0.3 is 10.1 Å². The first-order valence-electron chi connectivity index (χ1n) is 9.61. The van der Waals surface area contributed by atoms with Crippen molar-refractivity contribution in [1.29, 1.82) is 5.26 Å². The Morgan fingerprint density at radius 3 is 2.72 bits per heavy atom. The zero-order chi connectivity index (χ0) is 21.0. The van der Waals surface area contributed by atoms with Gasteiger partial charge >= 0.3 is 0 Å². The third kappa shape index (κ3) is 5.34. The molecule has 0 fully saturated rings. The zero-order valence-electron chi connectivity index (χ0n) is 16.9. The highest BCUT2D eigenvalue weighted by Crippen LogP contribution is 2.43. The second kappa shape index (κ2) is 8.93. The number of nitriles is 1. The van der Waals surface area contributed by atoms with E-state index in [4.69, 9.17) is 17.0 Å². The van der Waals surface area contributed by atoms with E-state index in [9.17, 15) is 10.1 Å². The summed E-state index contributed by atoms with van der Waals surface area (Å²) < 4.78 is 5.42. The summed E-state index contributed by atoms with van der Waals surface area (Å²) in [5, 5.41) is 16.2. The molecule has 3 rings (SSSR count). The minimum absolute atomic E-state index is 0.134. The van der Waals surface area contributed by atoms with Crippen LogP contribution in [0.1, 0.15) is 43.2 Å². The van der Waals surface area contributed by atoms with Crippen molar-refractivity contribution in [1.82, 2.24) is 5.32 Å². The predicted octanol–water partition coefficient (Wildman–Crippen LogP) is 4.66. The normalized spacial score (nSPS) is 15.7. The number of fused-ring (bicyclic) bond motifs is 1. The molecule has 5 nitrogen and oxygen atoms in total. The molecular weight excluding hydrogens is 402 g/mol. The lowest BCUT2D eigenvalue weighted by atomic mass is 9.72. The molecule has 7 heteroatoms. The van der Waals surface area contributed by atoms with Crippen LogP contribution in [0.2, 0.25) is 0 Å². The van der Waals surface area contributed by atoms with E-state index in [1.165, 1.54) is 4.88 Å². The molecule has 1 aromatic heterocycles. The molecule has 1 unspecified atom stereocenters. The van der Waals surface area contributed by atoms with Crippen molar-refractivity contribution >= 4 is 39.6 Å². The van der Waals surface area contributed by atoms with Crippen molar-refractivity contribution in [2.45, 2.75) is 40.0 Å². The van der Waals surface area contributed by atoms with Crippen molar-refractivity contribution in [2.75, 3.05) is 11.9 Å². The monoisotopic (exact) mass is 427 g/mol. The molecule has 1 aliphatic carbocycles. The van der Waals surface area contributed by atoms with Gasteiger partial charge in [-0.05, 0) is 60.5 Å². The molecule has 1 aromatic carbocycles. The SMILES string of the molecule is CC(C)(C)C1CCc2c(sc(NC(=S)NC(=O)COc3ccccc3)c2C#N)C1. The fourth-order valence-electron chi connectivity index (χ4n) is 3.49. The Morgan fingerprint density at radius 2 is 2.07 bits per heavy atom. The van der Waals surface area contributed by atoms with Gasteiger partial charge in [-0.25, -0.2) is 0 Å². The molecule has 29 heavy (non-hydrogen) atoms. The van der Waals surface area contributed by atoms with Gasteiger partial charge in [-0.2, -0.15) is 5.26 Å². The number of ether oxygens (including phenoxy) is 1. The minimum atomic E-state index is -0.348. The number of thiocarbonyl (C=S) groups is 1. The summed E-state index contributed by atoms with van der Waals surface area (Å²) in [6.45, 7) is 6.67. The molecule has 1 amide bonds. The van der Waals surface area contributed by atoms with Crippen LogP contribution < -0.4 is 15.4 Å². The average Bonchev–Trinajstić information content (AvgIpc) is 3.02. The number of hydrogen-bond acceptors (Lipinski definition) is 5. The summed E-state index contributed by atoms with van der Waals surface area (Å²) >= 11 is 6.84. The Bertz CT molecular complexity index is 939. The molecule has 0 radical (unpaired) electrons. The van der Waals surface area contributed by atoms with Gasteiger partial charge in [0.05, 0.1) is 5.56 Å². The fourth-order valence-corrected chi connectivity index (χ4v) is 5.06. The molecule has 1 aliphatic rings. The molecule has 2 aromatic rings. The molecule has 0 aliphatic heterocycles. The van der Waals surface area contributed by atoms with Crippen LogP contribution in [0.5, 0.6) is 5.75 Å². The van der Waals surface area contributed by atoms with E-state index in [1.807, 2.05) is 18.2 Å². The molecule has 2 N–H and O–H groups in total. The van der Waals surface area contributed by atoms with Crippen molar-refractivity contribution in [3.8, 4) is 11.8 Å². The quantitative estimate of drug-likeness (QED) is 0.694. The second-order valence-electron chi connectivity index (χ2n) is 8.23. The van der Waals surface area contributed by atoms with Gasteiger partial charge in [0.2, 0.25) is 0 Å². The standard InChI is InChI=1S/C22H25N3O2S2/c1-22(2,3)14-9-10-16-17(12-23)20(29-18(16)11-14)25-21(28)24-19(26)13-27-15-7-5-4-6-8-15/h4-8,14H,9-11,13H2,1-3H3,(H2,24,25,26,28). The summed E-state index contributed by atoms with van der Waals surface area (Å²) in [5.41, 5.74) is 2.01. The van der Waals surface area contributed by atoms with Crippen molar-refractivity contribution in [3.05, 3.63) is 46.3 Å². The maximum atomic E-state index is 12.1. The number of rotatable bonds is 4. The van der Waals surface area contributed by atoms with Crippen molar-refractivity contribution in [3.63, 3.8) is 0 Å². The van der Waals surface area contributed by atoms with Crippen LogP contribution in [0.3, 0.4) is 0 Å². The number of carbonyl (C=O) groups is 1. The third-order valence-electron chi connectivity index (χ3n) is 5.19. The predicted molar refractivity (Wildman–Crippen MR) is 120 cm³/mol. The molecule has 0 saturated heterocycles. The number of anilines is 1. The Hall–Kier alpha value is -2.43. The smallest absolute Gasteiger partial charge is 0.264 e. The van der Waals surface area contributed by atoms with Gasteiger partial charge in [0, 0.05) is 4.88 Å². The number of thiophene rings is 1. The molecule has 0 spiro atoms. The number of para-hydroxylation sites is 1. The van der Waals surface area contributed by atoms with Gasteiger partial charge in [-0.15, -0.1) is 11.3 Å². The number of amides is 1. The summed E-state index contributed by atoms with van der Waals surface area (Å²) in [5.74, 6) is 0.862. The van der Waals surface area contributed by atoms with E-state index in [2.05, 4.69) is 37.5 Å². The number of nitrogens with one attached hydrogen (secondary N) is 2. The van der Waals surface area contributed by atoms with Gasteiger partial charge in [0.1, 0.15) is 16.8 Å². The first kappa shape index (κ1) is 21.3. The van der Waals surface area contributed by atoms with Crippen LogP contribution in [-0.2, 0) is 17.6 Å². The van der Waals surface area contributed by atoms with Crippen LogP contribution in [0.15, 0.2) is 30.3 Å². The van der Waals surface area contributed by atoms with Crippen LogP contribution in [0, 0.1) is 22.7 Å². The fraction of sp³-hybridized carbons (Fsp3) is 0.409. The highest BCUT2D eigenvalue weighted by Gasteiger charge is 2.32. The first-order valence-corrected chi connectivity index (χ1v) is 10.8. The van der Waals surface area contributed by atoms with E-state index >= 15 is 0 Å². The number of carbonyl (C=O) groups excluding carboxylic acids is 1. The van der Waals surface area contributed by atoms with Gasteiger partial charge in [-0.3, -0.25) is 10.1 Å². The number of hydrogen-bond donors (Lipinski definition) is 2. The van der Waals surface area contributed by atoms with Gasteiger partial charge in [0.15, 0.2) is 11.7 Å². The number of benzene rings is 1. The maximum absolute atomic E-state index is 12.1. The maximum Gasteiger partial charge on any atom is 0.264 e. The lowest BCUT2D eigenvalue weighted by molar-refractivity contribution is -0.121.